The van der Waals surface area contributed by atoms with Gasteiger partial charge in [-0.15, -0.1) is 0 Å². The molecule has 5 nitrogen and oxygen atoms in total. The number of imidazole rings is 1. The van der Waals surface area contributed by atoms with Crippen molar-refractivity contribution in [1.82, 2.24) is 19.5 Å². The number of nitrogens with zero attached hydrogens (tertiary/aromatic N) is 4. The maximum atomic E-state index is 4.60. The molecular weight excluding hydrogens is 370 g/mol. The van der Waals surface area contributed by atoms with Gasteiger partial charge in [-0.2, -0.15) is 0 Å². The molecule has 3 saturated carbocycles. The average molecular weight is 408 g/mol. The van der Waals surface area contributed by atoms with Crippen molar-refractivity contribution in [1.29, 1.82) is 0 Å². The standard InChI is InChI=1S/C25H37N5/c1-17-7-9-25-14-22(25,2)8-5-6-18(25)24(17,4)11-10-23(3)12-13-30-16-28-20-19(30)21(29-23)27-15-26-20/h15-18H,5-14H2,1-4H3,(H,26,27,29)/t17-,18+,22-,23-,24-,25?/m0/s1. The lowest BCUT2D eigenvalue weighted by molar-refractivity contribution is -0.0575. The molecule has 3 heterocycles. The molecular formula is C25H37N5. The summed E-state index contributed by atoms with van der Waals surface area (Å²) in [5, 5.41) is 3.85. The van der Waals surface area contributed by atoms with Crippen molar-refractivity contribution in [3.05, 3.63) is 12.7 Å². The Labute approximate surface area is 180 Å². The fourth-order valence-corrected chi connectivity index (χ4v) is 8.22. The summed E-state index contributed by atoms with van der Waals surface area (Å²) >= 11 is 0. The number of aromatic nitrogens is 4. The quantitative estimate of drug-likeness (QED) is 0.697. The van der Waals surface area contributed by atoms with Crippen molar-refractivity contribution in [2.75, 3.05) is 5.32 Å². The number of hydrogen-bond donors (Lipinski definition) is 1. The fraction of sp³-hybridized carbons (Fsp3) is 0.800. The minimum absolute atomic E-state index is 0.0646. The van der Waals surface area contributed by atoms with Gasteiger partial charge in [-0.3, -0.25) is 0 Å². The number of aryl methyl sites for hydroxylation is 1. The maximum absolute atomic E-state index is 4.60. The van der Waals surface area contributed by atoms with E-state index in [1.165, 1.54) is 51.4 Å². The topological polar surface area (TPSA) is 55.6 Å². The molecule has 162 valence electrons. The van der Waals surface area contributed by atoms with Gasteiger partial charge in [-0.25, -0.2) is 15.0 Å². The molecule has 0 radical (unpaired) electrons. The van der Waals surface area contributed by atoms with E-state index >= 15 is 0 Å². The van der Waals surface area contributed by atoms with Crippen LogP contribution >= 0.6 is 0 Å². The van der Waals surface area contributed by atoms with Gasteiger partial charge in [-0.1, -0.05) is 27.2 Å². The first-order valence-corrected chi connectivity index (χ1v) is 12.2. The Bertz CT molecular complexity index is 999. The zero-order chi connectivity index (χ0) is 20.8. The van der Waals surface area contributed by atoms with Crippen LogP contribution in [0.15, 0.2) is 12.7 Å². The van der Waals surface area contributed by atoms with Gasteiger partial charge in [0.05, 0.1) is 6.33 Å². The molecule has 5 heteroatoms. The van der Waals surface area contributed by atoms with Crippen molar-refractivity contribution < 1.29 is 0 Å². The zero-order valence-electron chi connectivity index (χ0n) is 19.2. The first kappa shape index (κ1) is 19.1. The van der Waals surface area contributed by atoms with E-state index in [1.807, 2.05) is 6.33 Å². The third kappa shape index (κ3) is 2.44. The Morgan fingerprint density at radius 2 is 1.93 bits per heavy atom. The van der Waals surface area contributed by atoms with Crippen LogP contribution in [0, 0.1) is 28.1 Å². The van der Waals surface area contributed by atoms with Crippen molar-refractivity contribution in [2.24, 2.45) is 28.1 Å². The van der Waals surface area contributed by atoms with Gasteiger partial charge in [0, 0.05) is 12.1 Å². The first-order chi connectivity index (χ1) is 14.3. The lowest BCUT2D eigenvalue weighted by Gasteiger charge is -2.55. The molecule has 2 aromatic heterocycles. The average Bonchev–Trinajstić information content (AvgIpc) is 3.19. The third-order valence-electron chi connectivity index (χ3n) is 10.6. The molecule has 6 rings (SSSR count). The summed E-state index contributed by atoms with van der Waals surface area (Å²) in [5.41, 5.74) is 3.73. The van der Waals surface area contributed by atoms with Crippen LogP contribution in [0.3, 0.4) is 0 Å². The molecule has 4 aliphatic rings. The second-order valence-electron chi connectivity index (χ2n) is 12.1. The highest BCUT2D eigenvalue weighted by Gasteiger charge is 2.72. The summed E-state index contributed by atoms with van der Waals surface area (Å²) in [6, 6.07) is 0. The van der Waals surface area contributed by atoms with E-state index < -0.39 is 0 Å². The summed E-state index contributed by atoms with van der Waals surface area (Å²) < 4.78 is 2.24. The zero-order valence-corrected chi connectivity index (χ0v) is 19.2. The molecule has 0 aromatic carbocycles. The van der Waals surface area contributed by atoms with Gasteiger partial charge < -0.3 is 9.88 Å². The van der Waals surface area contributed by atoms with Gasteiger partial charge in [0.15, 0.2) is 11.5 Å². The van der Waals surface area contributed by atoms with E-state index in [-0.39, 0.29) is 5.54 Å². The minimum Gasteiger partial charge on any atom is -0.363 e. The van der Waals surface area contributed by atoms with Gasteiger partial charge in [0.1, 0.15) is 11.8 Å². The third-order valence-corrected chi connectivity index (χ3v) is 10.6. The monoisotopic (exact) mass is 407 g/mol. The van der Waals surface area contributed by atoms with E-state index in [9.17, 15) is 0 Å². The first-order valence-electron chi connectivity index (χ1n) is 12.2. The van der Waals surface area contributed by atoms with E-state index in [4.69, 9.17) is 0 Å². The van der Waals surface area contributed by atoms with Crippen LogP contribution in [0.2, 0.25) is 0 Å². The van der Waals surface area contributed by atoms with E-state index in [0.29, 0.717) is 16.2 Å². The van der Waals surface area contributed by atoms with Crippen molar-refractivity contribution in [3.8, 4) is 0 Å². The molecule has 6 atom stereocenters. The van der Waals surface area contributed by atoms with E-state index in [1.54, 1.807) is 6.33 Å². The summed E-state index contributed by atoms with van der Waals surface area (Å²) in [6.45, 7) is 11.2. The smallest absolute Gasteiger partial charge is 0.182 e. The summed E-state index contributed by atoms with van der Waals surface area (Å²) in [5.74, 6) is 2.71. The van der Waals surface area contributed by atoms with Crippen LogP contribution in [-0.2, 0) is 6.54 Å². The molecule has 30 heavy (non-hydrogen) atoms. The summed E-state index contributed by atoms with van der Waals surface area (Å²) in [4.78, 5) is 13.4. The van der Waals surface area contributed by atoms with Crippen LogP contribution < -0.4 is 5.32 Å². The SMILES string of the molecule is C[C@H]1CCC23C[C@]2(C)CCC[C@@H]3[C@@]1(C)CC[C@@]1(C)CCn2cnc3ncnc(c32)N1. The van der Waals surface area contributed by atoms with Gasteiger partial charge in [0.2, 0.25) is 0 Å². The lowest BCUT2D eigenvalue weighted by Crippen LogP contribution is -2.48. The molecule has 3 aliphatic carbocycles. The molecule has 1 N–H and O–H groups in total. The van der Waals surface area contributed by atoms with Crippen LogP contribution in [0.4, 0.5) is 5.82 Å². The van der Waals surface area contributed by atoms with Gasteiger partial charge in [0.25, 0.3) is 0 Å². The Kier molecular flexibility index (Phi) is 3.80. The highest BCUT2D eigenvalue weighted by atomic mass is 15.2. The Hall–Kier alpha value is -1.65. The van der Waals surface area contributed by atoms with Crippen molar-refractivity contribution in [2.45, 2.75) is 97.6 Å². The van der Waals surface area contributed by atoms with Gasteiger partial charge >= 0.3 is 0 Å². The molecule has 3 fully saturated rings. The van der Waals surface area contributed by atoms with Crippen LogP contribution in [0.25, 0.3) is 11.2 Å². The normalized spacial score (nSPS) is 44.7. The molecule has 1 aliphatic heterocycles. The molecule has 1 unspecified atom stereocenters. The van der Waals surface area contributed by atoms with Gasteiger partial charge in [-0.05, 0) is 86.4 Å². The molecule has 1 spiro atoms. The second kappa shape index (κ2) is 5.98. The molecule has 0 saturated heterocycles. The minimum atomic E-state index is 0.0646. The number of anilines is 1. The predicted octanol–water partition coefficient (Wildman–Crippen LogP) is 5.81. The number of rotatable bonds is 3. The lowest BCUT2D eigenvalue weighted by atomic mass is 9.50. The highest BCUT2D eigenvalue weighted by molar-refractivity contribution is 5.83. The maximum Gasteiger partial charge on any atom is 0.182 e. The molecule has 0 amide bonds. The molecule has 0 bridgehead atoms. The number of hydrogen-bond acceptors (Lipinski definition) is 4. The Balaban J connectivity index is 1.26. The summed E-state index contributed by atoms with van der Waals surface area (Å²) in [7, 11) is 0. The number of nitrogens with one attached hydrogen (secondary N) is 1. The van der Waals surface area contributed by atoms with Crippen LogP contribution in [0.1, 0.15) is 85.5 Å². The Morgan fingerprint density at radius 3 is 2.80 bits per heavy atom. The largest absolute Gasteiger partial charge is 0.363 e. The van der Waals surface area contributed by atoms with Crippen molar-refractivity contribution in [3.63, 3.8) is 0 Å². The molecule has 2 aromatic rings. The predicted molar refractivity (Wildman–Crippen MR) is 120 cm³/mol. The van der Waals surface area contributed by atoms with E-state index in [2.05, 4.69) is 52.5 Å². The summed E-state index contributed by atoms with van der Waals surface area (Å²) in [6.07, 6.45) is 16.0. The van der Waals surface area contributed by atoms with E-state index in [0.717, 1.165) is 41.8 Å². The van der Waals surface area contributed by atoms with Crippen molar-refractivity contribution >= 4 is 17.0 Å². The van der Waals surface area contributed by atoms with Crippen LogP contribution in [-0.4, -0.2) is 25.1 Å². The fourth-order valence-electron chi connectivity index (χ4n) is 8.22. The second-order valence-corrected chi connectivity index (χ2v) is 12.1. The Morgan fingerprint density at radius 1 is 1.07 bits per heavy atom. The van der Waals surface area contributed by atoms with Crippen LogP contribution in [0.5, 0.6) is 0 Å². The highest BCUT2D eigenvalue weighted by Crippen LogP contribution is 2.80.